The second kappa shape index (κ2) is 4.95. The lowest BCUT2D eigenvalue weighted by atomic mass is 10.2. The first-order valence-electron chi connectivity index (χ1n) is 5.80. The van der Waals surface area contributed by atoms with Crippen LogP contribution in [0.3, 0.4) is 0 Å². The summed E-state index contributed by atoms with van der Waals surface area (Å²) in [6, 6.07) is 10.0. The molecule has 1 heterocycles. The zero-order chi connectivity index (χ0) is 12.3. The fourth-order valence-electron chi connectivity index (χ4n) is 1.78. The highest BCUT2D eigenvalue weighted by Gasteiger charge is 2.01. The Labute approximate surface area is 102 Å². The first-order valence-corrected chi connectivity index (χ1v) is 5.80. The molecule has 2 aromatic rings. The Morgan fingerprint density at radius 3 is 2.65 bits per heavy atom. The van der Waals surface area contributed by atoms with E-state index in [-0.39, 0.29) is 0 Å². The number of hydrogen-bond donors (Lipinski definition) is 2. The van der Waals surface area contributed by atoms with Gasteiger partial charge in [0.15, 0.2) is 0 Å². The minimum atomic E-state index is 0.792. The van der Waals surface area contributed by atoms with Crippen molar-refractivity contribution in [2.45, 2.75) is 20.3 Å². The van der Waals surface area contributed by atoms with Crippen LogP contribution < -0.4 is 11.1 Å². The molecule has 3 N–H and O–H groups in total. The number of anilines is 2. The predicted molar refractivity (Wildman–Crippen MR) is 71.2 cm³/mol. The summed E-state index contributed by atoms with van der Waals surface area (Å²) in [6.07, 6.45) is 0.862. The third kappa shape index (κ3) is 3.03. The van der Waals surface area contributed by atoms with Crippen molar-refractivity contribution in [3.8, 4) is 0 Å². The van der Waals surface area contributed by atoms with Gasteiger partial charge in [-0.25, -0.2) is 0 Å². The Hall–Kier alpha value is -1.90. The van der Waals surface area contributed by atoms with Crippen molar-refractivity contribution in [2.75, 3.05) is 17.6 Å². The number of benzene rings is 1. The molecule has 0 aliphatic heterocycles. The number of furan rings is 1. The lowest BCUT2D eigenvalue weighted by Gasteiger charge is -2.09. The van der Waals surface area contributed by atoms with Gasteiger partial charge in [-0.2, -0.15) is 0 Å². The van der Waals surface area contributed by atoms with Crippen LogP contribution in [-0.4, -0.2) is 6.54 Å². The van der Waals surface area contributed by atoms with Gasteiger partial charge in [0, 0.05) is 13.0 Å². The van der Waals surface area contributed by atoms with E-state index in [1.165, 1.54) is 5.56 Å². The molecule has 0 bridgehead atoms. The normalized spacial score (nSPS) is 10.5. The number of rotatable bonds is 4. The van der Waals surface area contributed by atoms with Crippen LogP contribution in [0.5, 0.6) is 0 Å². The number of aryl methyl sites for hydroxylation is 2. The van der Waals surface area contributed by atoms with Crippen molar-refractivity contribution in [1.29, 1.82) is 0 Å². The largest absolute Gasteiger partial charge is 0.466 e. The molecular weight excluding hydrogens is 212 g/mol. The van der Waals surface area contributed by atoms with E-state index in [0.717, 1.165) is 35.9 Å². The summed E-state index contributed by atoms with van der Waals surface area (Å²) in [5.41, 5.74) is 8.87. The van der Waals surface area contributed by atoms with Crippen LogP contribution in [0, 0.1) is 13.8 Å². The first-order chi connectivity index (χ1) is 8.15. The summed E-state index contributed by atoms with van der Waals surface area (Å²) in [7, 11) is 0. The Kier molecular flexibility index (Phi) is 3.38. The van der Waals surface area contributed by atoms with Crippen LogP contribution in [0.25, 0.3) is 0 Å². The lowest BCUT2D eigenvalue weighted by molar-refractivity contribution is 0.486. The van der Waals surface area contributed by atoms with Crippen molar-refractivity contribution >= 4 is 11.4 Å². The average Bonchev–Trinajstić information content (AvgIpc) is 2.68. The van der Waals surface area contributed by atoms with Crippen LogP contribution in [0.2, 0.25) is 0 Å². The van der Waals surface area contributed by atoms with Crippen molar-refractivity contribution in [2.24, 2.45) is 0 Å². The summed E-state index contributed by atoms with van der Waals surface area (Å²) in [5, 5.41) is 3.31. The molecule has 0 aliphatic carbocycles. The fraction of sp³-hybridized carbons (Fsp3) is 0.286. The number of hydrogen-bond acceptors (Lipinski definition) is 3. The fourth-order valence-corrected chi connectivity index (χ4v) is 1.78. The maximum atomic E-state index is 5.92. The molecular formula is C14H18N2O. The third-order valence-corrected chi connectivity index (χ3v) is 2.69. The molecule has 0 saturated heterocycles. The van der Waals surface area contributed by atoms with E-state index < -0.39 is 0 Å². The SMILES string of the molecule is Cc1ccc(NCCc2ccc(C)o2)c(N)c1. The number of nitrogens with one attached hydrogen (secondary N) is 1. The van der Waals surface area contributed by atoms with Crippen LogP contribution in [0.4, 0.5) is 11.4 Å². The van der Waals surface area contributed by atoms with Gasteiger partial charge in [-0.15, -0.1) is 0 Å². The maximum Gasteiger partial charge on any atom is 0.105 e. The summed E-state index contributed by atoms with van der Waals surface area (Å²) < 4.78 is 5.50. The van der Waals surface area contributed by atoms with Gasteiger partial charge in [0.05, 0.1) is 11.4 Å². The van der Waals surface area contributed by atoms with Crippen LogP contribution >= 0.6 is 0 Å². The maximum absolute atomic E-state index is 5.92. The molecule has 2 rings (SSSR count). The molecule has 17 heavy (non-hydrogen) atoms. The van der Waals surface area contributed by atoms with Crippen LogP contribution in [-0.2, 0) is 6.42 Å². The van der Waals surface area contributed by atoms with Gasteiger partial charge in [-0.1, -0.05) is 6.07 Å². The molecule has 0 fully saturated rings. The second-order valence-corrected chi connectivity index (χ2v) is 4.28. The molecule has 0 aliphatic rings. The van der Waals surface area contributed by atoms with Crippen molar-refractivity contribution in [3.63, 3.8) is 0 Å². The van der Waals surface area contributed by atoms with Crippen molar-refractivity contribution in [3.05, 3.63) is 47.4 Å². The summed E-state index contributed by atoms with van der Waals surface area (Å²) in [5.74, 6) is 1.95. The third-order valence-electron chi connectivity index (χ3n) is 2.69. The molecule has 3 heteroatoms. The van der Waals surface area contributed by atoms with Gasteiger partial charge in [0.25, 0.3) is 0 Å². The average molecular weight is 230 g/mol. The Bertz CT molecular complexity index is 503. The van der Waals surface area contributed by atoms with Gasteiger partial charge in [-0.05, 0) is 43.7 Å². The second-order valence-electron chi connectivity index (χ2n) is 4.28. The van der Waals surface area contributed by atoms with Crippen molar-refractivity contribution in [1.82, 2.24) is 0 Å². The Morgan fingerprint density at radius 1 is 1.18 bits per heavy atom. The topological polar surface area (TPSA) is 51.2 Å². The van der Waals surface area contributed by atoms with E-state index >= 15 is 0 Å². The van der Waals surface area contributed by atoms with Crippen LogP contribution in [0.1, 0.15) is 17.1 Å². The number of nitrogen functional groups attached to an aromatic ring is 1. The van der Waals surface area contributed by atoms with E-state index in [1.54, 1.807) is 0 Å². The van der Waals surface area contributed by atoms with E-state index in [0.29, 0.717) is 0 Å². The first kappa shape index (κ1) is 11.6. The Balaban J connectivity index is 1.90. The molecule has 0 radical (unpaired) electrons. The molecule has 0 unspecified atom stereocenters. The minimum Gasteiger partial charge on any atom is -0.466 e. The zero-order valence-electron chi connectivity index (χ0n) is 10.3. The predicted octanol–water partition coefficient (Wildman–Crippen LogP) is 3.13. The van der Waals surface area contributed by atoms with Crippen LogP contribution in [0.15, 0.2) is 34.7 Å². The molecule has 90 valence electrons. The Morgan fingerprint density at radius 2 is 2.00 bits per heavy atom. The molecule has 0 atom stereocenters. The van der Waals surface area contributed by atoms with Gasteiger partial charge in [0.1, 0.15) is 11.5 Å². The minimum absolute atomic E-state index is 0.792. The number of nitrogens with two attached hydrogens (primary N) is 1. The lowest BCUT2D eigenvalue weighted by Crippen LogP contribution is -2.06. The zero-order valence-corrected chi connectivity index (χ0v) is 10.3. The highest BCUT2D eigenvalue weighted by atomic mass is 16.3. The van der Waals surface area contributed by atoms with Crippen molar-refractivity contribution < 1.29 is 4.42 Å². The molecule has 1 aromatic carbocycles. The van der Waals surface area contributed by atoms with E-state index in [4.69, 9.17) is 10.2 Å². The van der Waals surface area contributed by atoms with Gasteiger partial charge in [-0.3, -0.25) is 0 Å². The smallest absolute Gasteiger partial charge is 0.105 e. The van der Waals surface area contributed by atoms with Gasteiger partial charge in [0.2, 0.25) is 0 Å². The molecule has 0 spiro atoms. The highest BCUT2D eigenvalue weighted by Crippen LogP contribution is 2.19. The van der Waals surface area contributed by atoms with E-state index in [2.05, 4.69) is 11.4 Å². The molecule has 3 nitrogen and oxygen atoms in total. The van der Waals surface area contributed by atoms with E-state index in [9.17, 15) is 0 Å². The standard InChI is InChI=1S/C14H18N2O/c1-10-3-6-14(13(15)9-10)16-8-7-12-5-4-11(2)17-12/h3-6,9,16H,7-8,15H2,1-2H3. The molecule has 0 amide bonds. The summed E-state index contributed by atoms with van der Waals surface area (Å²) in [4.78, 5) is 0. The monoisotopic (exact) mass is 230 g/mol. The molecule has 0 saturated carbocycles. The summed E-state index contributed by atoms with van der Waals surface area (Å²) in [6.45, 7) is 4.81. The van der Waals surface area contributed by atoms with Gasteiger partial charge < -0.3 is 15.5 Å². The van der Waals surface area contributed by atoms with Gasteiger partial charge >= 0.3 is 0 Å². The summed E-state index contributed by atoms with van der Waals surface area (Å²) >= 11 is 0. The quantitative estimate of drug-likeness (QED) is 0.793. The highest BCUT2D eigenvalue weighted by molar-refractivity contribution is 5.66. The van der Waals surface area contributed by atoms with E-state index in [1.807, 2.05) is 38.1 Å². The molecule has 1 aromatic heterocycles.